The molecular formula is C20H38N4O8S2. The molecule has 0 spiro atoms. The standard InChI is InChI=1S/C20H38N4O8S2/c25-19(31-11-9-21-17-5-13-33(27,28)15-17)23-7-3-1-2-4-8-24-20(26)32-12-10-22-18-6-14-34(29,30)16-18/h17-18,21-22H,1-16H2,(H,23,25)(H,24,26). The molecule has 0 radical (unpaired) electrons. The smallest absolute Gasteiger partial charge is 0.407 e. The summed E-state index contributed by atoms with van der Waals surface area (Å²) < 4.78 is 55.6. The van der Waals surface area contributed by atoms with Crippen LogP contribution in [0.15, 0.2) is 0 Å². The largest absolute Gasteiger partial charge is 0.448 e. The second kappa shape index (κ2) is 14.7. The van der Waals surface area contributed by atoms with Gasteiger partial charge in [-0.05, 0) is 25.7 Å². The van der Waals surface area contributed by atoms with Crippen LogP contribution in [0.5, 0.6) is 0 Å². The van der Waals surface area contributed by atoms with Gasteiger partial charge in [-0.15, -0.1) is 0 Å². The van der Waals surface area contributed by atoms with E-state index in [2.05, 4.69) is 21.3 Å². The first-order valence-electron chi connectivity index (χ1n) is 11.8. The summed E-state index contributed by atoms with van der Waals surface area (Å²) in [7, 11) is -5.83. The van der Waals surface area contributed by atoms with Gasteiger partial charge in [-0.25, -0.2) is 26.4 Å². The molecule has 2 aliphatic rings. The van der Waals surface area contributed by atoms with Gasteiger partial charge in [0, 0.05) is 38.3 Å². The summed E-state index contributed by atoms with van der Waals surface area (Å²) in [5.41, 5.74) is 0. The maximum atomic E-state index is 11.6. The first-order chi connectivity index (χ1) is 16.2. The maximum absolute atomic E-state index is 11.6. The third-order valence-electron chi connectivity index (χ3n) is 5.64. The molecule has 0 aromatic rings. The zero-order valence-corrected chi connectivity index (χ0v) is 21.2. The molecule has 2 atom stereocenters. The van der Waals surface area contributed by atoms with Gasteiger partial charge in [0.2, 0.25) is 0 Å². The quantitative estimate of drug-likeness (QED) is 0.205. The summed E-state index contributed by atoms with van der Waals surface area (Å²) in [4.78, 5) is 23.2. The fourth-order valence-electron chi connectivity index (χ4n) is 3.81. The number of unbranched alkanes of at least 4 members (excludes halogenated alkanes) is 3. The van der Waals surface area contributed by atoms with Gasteiger partial charge in [-0.1, -0.05) is 12.8 Å². The molecule has 0 saturated carbocycles. The van der Waals surface area contributed by atoms with Gasteiger partial charge >= 0.3 is 12.2 Å². The molecule has 12 nitrogen and oxygen atoms in total. The highest BCUT2D eigenvalue weighted by atomic mass is 32.2. The van der Waals surface area contributed by atoms with Crippen LogP contribution >= 0.6 is 0 Å². The van der Waals surface area contributed by atoms with Crippen LogP contribution in [0, 0.1) is 0 Å². The lowest BCUT2D eigenvalue weighted by molar-refractivity contribution is 0.144. The lowest BCUT2D eigenvalue weighted by Crippen LogP contribution is -2.34. The van der Waals surface area contributed by atoms with E-state index in [-0.39, 0.29) is 48.3 Å². The molecule has 2 aliphatic heterocycles. The third kappa shape index (κ3) is 12.7. The lowest BCUT2D eigenvalue weighted by atomic mass is 10.2. The van der Waals surface area contributed by atoms with Crippen molar-refractivity contribution in [1.29, 1.82) is 0 Å². The number of carbonyl (C=O) groups is 2. The minimum atomic E-state index is -2.91. The number of alkyl carbamates (subject to hydrolysis) is 2. The van der Waals surface area contributed by atoms with E-state index in [1.54, 1.807) is 0 Å². The maximum Gasteiger partial charge on any atom is 0.407 e. The Morgan fingerprint density at radius 2 is 1.06 bits per heavy atom. The molecule has 198 valence electrons. The van der Waals surface area contributed by atoms with Crippen LogP contribution in [0.4, 0.5) is 9.59 Å². The first-order valence-corrected chi connectivity index (χ1v) is 15.5. The van der Waals surface area contributed by atoms with E-state index in [0.717, 1.165) is 25.7 Å². The lowest BCUT2D eigenvalue weighted by Gasteiger charge is -2.11. The summed E-state index contributed by atoms with van der Waals surface area (Å²) in [6.07, 6.45) is 3.58. The summed E-state index contributed by atoms with van der Waals surface area (Å²) in [6, 6.07) is -0.121. The van der Waals surface area contributed by atoms with Gasteiger partial charge in [0.15, 0.2) is 19.7 Å². The van der Waals surface area contributed by atoms with Gasteiger partial charge in [-0.2, -0.15) is 0 Å². The topological polar surface area (TPSA) is 169 Å². The molecule has 2 heterocycles. The SMILES string of the molecule is O=C(NCCCCCCNC(=O)OCCNC1CCS(=O)(=O)C1)OCCNC1CCS(=O)(=O)C1. The van der Waals surface area contributed by atoms with E-state index in [4.69, 9.17) is 9.47 Å². The van der Waals surface area contributed by atoms with Gasteiger partial charge in [0.25, 0.3) is 0 Å². The molecular weight excluding hydrogens is 488 g/mol. The van der Waals surface area contributed by atoms with Crippen molar-refractivity contribution in [1.82, 2.24) is 21.3 Å². The Kier molecular flexibility index (Phi) is 12.4. The average Bonchev–Trinajstić information content (AvgIpc) is 3.30. The number of ether oxygens (including phenoxy) is 2. The van der Waals surface area contributed by atoms with E-state index in [0.29, 0.717) is 39.0 Å². The number of carbonyl (C=O) groups excluding carboxylic acids is 2. The van der Waals surface area contributed by atoms with Crippen molar-refractivity contribution in [3.05, 3.63) is 0 Å². The summed E-state index contributed by atoms with van der Waals surface area (Å²) >= 11 is 0. The zero-order chi connectivity index (χ0) is 24.9. The van der Waals surface area contributed by atoms with Crippen LogP contribution in [0.3, 0.4) is 0 Å². The Hall–Kier alpha value is -1.64. The number of hydrogen-bond acceptors (Lipinski definition) is 10. The van der Waals surface area contributed by atoms with Crippen molar-refractivity contribution in [2.24, 2.45) is 0 Å². The normalized spacial score (nSPS) is 22.8. The van der Waals surface area contributed by atoms with E-state index >= 15 is 0 Å². The third-order valence-corrected chi connectivity index (χ3v) is 9.18. The van der Waals surface area contributed by atoms with Crippen LogP contribution in [0.25, 0.3) is 0 Å². The van der Waals surface area contributed by atoms with Gasteiger partial charge in [-0.3, -0.25) is 0 Å². The molecule has 0 bridgehead atoms. The van der Waals surface area contributed by atoms with Gasteiger partial charge in [0.05, 0.1) is 23.0 Å². The molecule has 2 saturated heterocycles. The number of sulfone groups is 2. The molecule has 4 N–H and O–H groups in total. The van der Waals surface area contributed by atoms with Crippen molar-refractivity contribution in [2.45, 2.75) is 50.6 Å². The Labute approximate surface area is 202 Å². The van der Waals surface area contributed by atoms with Gasteiger partial charge in [0.1, 0.15) is 13.2 Å². The Balaban J connectivity index is 1.32. The van der Waals surface area contributed by atoms with Crippen molar-refractivity contribution >= 4 is 31.9 Å². The molecule has 0 aliphatic carbocycles. The van der Waals surface area contributed by atoms with E-state index in [1.165, 1.54) is 0 Å². The summed E-state index contributed by atoms with van der Waals surface area (Å²) in [5.74, 6) is 0.705. The predicted molar refractivity (Wildman–Crippen MR) is 127 cm³/mol. The van der Waals surface area contributed by atoms with E-state index in [9.17, 15) is 26.4 Å². The average molecular weight is 527 g/mol. The molecule has 2 unspecified atom stereocenters. The monoisotopic (exact) mass is 526 g/mol. The number of nitrogens with one attached hydrogen (secondary N) is 4. The van der Waals surface area contributed by atoms with E-state index in [1.807, 2.05) is 0 Å². The molecule has 0 aromatic carbocycles. The highest BCUT2D eigenvalue weighted by Gasteiger charge is 2.27. The number of hydrogen-bond donors (Lipinski definition) is 4. The molecule has 0 aromatic heterocycles. The van der Waals surface area contributed by atoms with Crippen LogP contribution in [-0.4, -0.2) is 104 Å². The fraction of sp³-hybridized carbons (Fsp3) is 0.900. The second-order valence-electron chi connectivity index (χ2n) is 8.65. The van der Waals surface area contributed by atoms with Crippen molar-refractivity contribution in [3.8, 4) is 0 Å². The Morgan fingerprint density at radius 3 is 1.41 bits per heavy atom. The van der Waals surface area contributed by atoms with E-state index < -0.39 is 31.9 Å². The molecule has 2 rings (SSSR count). The zero-order valence-electron chi connectivity index (χ0n) is 19.6. The number of rotatable bonds is 15. The number of amides is 2. The van der Waals surface area contributed by atoms with Gasteiger partial charge < -0.3 is 30.7 Å². The Morgan fingerprint density at radius 1 is 0.647 bits per heavy atom. The van der Waals surface area contributed by atoms with Crippen molar-refractivity contribution < 1.29 is 35.9 Å². The molecule has 34 heavy (non-hydrogen) atoms. The van der Waals surface area contributed by atoms with Crippen LogP contribution < -0.4 is 21.3 Å². The minimum Gasteiger partial charge on any atom is -0.448 e. The van der Waals surface area contributed by atoms with Crippen LogP contribution in [0.2, 0.25) is 0 Å². The van der Waals surface area contributed by atoms with Crippen LogP contribution in [-0.2, 0) is 29.1 Å². The Bertz CT molecular complexity index is 781. The minimum absolute atomic E-state index is 0.0604. The van der Waals surface area contributed by atoms with Crippen molar-refractivity contribution in [3.63, 3.8) is 0 Å². The van der Waals surface area contributed by atoms with Crippen molar-refractivity contribution in [2.75, 3.05) is 62.4 Å². The summed E-state index contributed by atoms with van der Waals surface area (Å²) in [6.45, 7) is 2.20. The highest BCUT2D eigenvalue weighted by Crippen LogP contribution is 2.11. The highest BCUT2D eigenvalue weighted by molar-refractivity contribution is 7.91. The summed E-state index contributed by atoms with van der Waals surface area (Å²) in [5, 5.41) is 11.5. The molecule has 14 heteroatoms. The predicted octanol–water partition coefficient (Wildman–Crippen LogP) is -0.447. The first kappa shape index (κ1) is 28.6. The molecule has 2 amide bonds. The fourth-order valence-corrected chi connectivity index (χ4v) is 7.23. The van der Waals surface area contributed by atoms with Crippen LogP contribution in [0.1, 0.15) is 38.5 Å². The molecule has 2 fully saturated rings. The second-order valence-corrected chi connectivity index (χ2v) is 13.1.